The molecule has 1 atom stereocenters. The lowest BCUT2D eigenvalue weighted by molar-refractivity contribution is 0.112. The first-order valence-corrected chi connectivity index (χ1v) is 12.5. The zero-order chi connectivity index (χ0) is 24.5. The monoisotopic (exact) mass is 504 g/mol. The summed E-state index contributed by atoms with van der Waals surface area (Å²) in [5, 5.41) is 11.8. The SMILES string of the molecule is Fc1ccc(C2CCCO2)c(-c2cccc3cc(-c4nc(NCCn5ccnn5)cnc4F)sc23)c1. The largest absolute Gasteiger partial charge is 0.374 e. The molecule has 0 amide bonds. The van der Waals surface area contributed by atoms with Crippen LogP contribution in [0.2, 0.25) is 0 Å². The van der Waals surface area contributed by atoms with Crippen LogP contribution in [0.25, 0.3) is 31.8 Å². The predicted molar refractivity (Wildman–Crippen MR) is 135 cm³/mol. The number of halogens is 2. The zero-order valence-electron chi connectivity index (χ0n) is 19.2. The second-order valence-electron chi connectivity index (χ2n) is 8.56. The smallest absolute Gasteiger partial charge is 0.240 e. The van der Waals surface area contributed by atoms with Crippen LogP contribution in [0.15, 0.2) is 61.1 Å². The third kappa shape index (κ3) is 4.45. The molecule has 1 unspecified atom stereocenters. The summed E-state index contributed by atoms with van der Waals surface area (Å²) in [5.74, 6) is -0.479. The molecule has 0 radical (unpaired) electrons. The second-order valence-corrected chi connectivity index (χ2v) is 9.61. The van der Waals surface area contributed by atoms with Crippen molar-refractivity contribution in [1.29, 1.82) is 0 Å². The highest BCUT2D eigenvalue weighted by atomic mass is 32.1. The summed E-state index contributed by atoms with van der Waals surface area (Å²) in [5.41, 5.74) is 2.84. The van der Waals surface area contributed by atoms with E-state index in [0.29, 0.717) is 30.4 Å². The van der Waals surface area contributed by atoms with Crippen LogP contribution < -0.4 is 5.32 Å². The Labute approximate surface area is 209 Å². The highest BCUT2D eigenvalue weighted by Crippen LogP contribution is 2.43. The van der Waals surface area contributed by atoms with Crippen LogP contribution in [-0.4, -0.2) is 38.1 Å². The Morgan fingerprint density at radius 3 is 2.92 bits per heavy atom. The lowest BCUT2D eigenvalue weighted by Crippen LogP contribution is -2.12. The minimum absolute atomic E-state index is 0.0566. The summed E-state index contributed by atoms with van der Waals surface area (Å²) >= 11 is 1.42. The van der Waals surface area contributed by atoms with Gasteiger partial charge in [-0.05, 0) is 53.1 Å². The molecule has 3 aromatic heterocycles. The summed E-state index contributed by atoms with van der Waals surface area (Å²) in [6.45, 7) is 1.82. The first kappa shape index (κ1) is 22.7. The number of hydrogen-bond donors (Lipinski definition) is 1. The van der Waals surface area contributed by atoms with Gasteiger partial charge in [-0.1, -0.05) is 29.5 Å². The number of nitrogens with one attached hydrogen (secondary N) is 1. The fraction of sp³-hybridized carbons (Fsp3) is 0.231. The van der Waals surface area contributed by atoms with Crippen LogP contribution in [0, 0.1) is 11.8 Å². The number of aromatic nitrogens is 5. The molecule has 1 N–H and O–H groups in total. The molecule has 0 saturated carbocycles. The maximum Gasteiger partial charge on any atom is 0.240 e. The number of fused-ring (bicyclic) bond motifs is 1. The minimum atomic E-state index is -0.643. The average molecular weight is 505 g/mol. The van der Waals surface area contributed by atoms with Crippen LogP contribution >= 0.6 is 11.3 Å². The second kappa shape index (κ2) is 9.71. The van der Waals surface area contributed by atoms with Gasteiger partial charge in [0.15, 0.2) is 0 Å². The van der Waals surface area contributed by atoms with E-state index in [-0.39, 0.29) is 17.6 Å². The van der Waals surface area contributed by atoms with Crippen molar-refractivity contribution in [3.05, 3.63) is 78.4 Å². The van der Waals surface area contributed by atoms with Gasteiger partial charge >= 0.3 is 0 Å². The molecule has 182 valence electrons. The van der Waals surface area contributed by atoms with E-state index >= 15 is 0 Å². The highest BCUT2D eigenvalue weighted by molar-refractivity contribution is 7.22. The fourth-order valence-electron chi connectivity index (χ4n) is 4.52. The number of rotatable bonds is 7. The molecular weight excluding hydrogens is 482 g/mol. The van der Waals surface area contributed by atoms with Crippen molar-refractivity contribution in [2.24, 2.45) is 0 Å². The molecule has 10 heteroatoms. The maximum absolute atomic E-state index is 14.8. The molecule has 0 aliphatic carbocycles. The Morgan fingerprint density at radius 1 is 1.14 bits per heavy atom. The van der Waals surface area contributed by atoms with E-state index in [0.717, 1.165) is 39.6 Å². The zero-order valence-corrected chi connectivity index (χ0v) is 20.0. The lowest BCUT2D eigenvalue weighted by atomic mass is 9.94. The van der Waals surface area contributed by atoms with E-state index in [1.165, 1.54) is 23.6 Å². The number of nitrogens with zero attached hydrogens (tertiary/aromatic N) is 5. The Kier molecular flexibility index (Phi) is 6.12. The van der Waals surface area contributed by atoms with E-state index < -0.39 is 5.95 Å². The Morgan fingerprint density at radius 2 is 2.08 bits per heavy atom. The van der Waals surface area contributed by atoms with Crippen molar-refractivity contribution in [3.63, 3.8) is 0 Å². The van der Waals surface area contributed by atoms with Crippen LogP contribution in [0.3, 0.4) is 0 Å². The van der Waals surface area contributed by atoms with Crippen molar-refractivity contribution in [3.8, 4) is 21.7 Å². The highest BCUT2D eigenvalue weighted by Gasteiger charge is 2.23. The van der Waals surface area contributed by atoms with Crippen LogP contribution in [-0.2, 0) is 11.3 Å². The third-order valence-corrected chi connectivity index (χ3v) is 7.40. The van der Waals surface area contributed by atoms with Crippen molar-refractivity contribution in [2.45, 2.75) is 25.5 Å². The number of anilines is 1. The molecule has 1 aliphatic rings. The first-order valence-electron chi connectivity index (χ1n) is 11.7. The normalized spacial score (nSPS) is 15.6. The number of hydrogen-bond acceptors (Lipinski definition) is 7. The number of thiophene rings is 1. The summed E-state index contributed by atoms with van der Waals surface area (Å²) in [7, 11) is 0. The fourth-order valence-corrected chi connectivity index (χ4v) is 5.69. The van der Waals surface area contributed by atoms with Gasteiger partial charge in [-0.25, -0.2) is 14.4 Å². The van der Waals surface area contributed by atoms with Crippen LogP contribution in [0.4, 0.5) is 14.6 Å². The third-order valence-electron chi connectivity index (χ3n) is 6.21. The molecule has 6 rings (SSSR count). The molecule has 5 aromatic rings. The van der Waals surface area contributed by atoms with Gasteiger partial charge in [0.05, 0.1) is 29.9 Å². The molecule has 36 heavy (non-hydrogen) atoms. The summed E-state index contributed by atoms with van der Waals surface area (Å²) in [6.07, 6.45) is 6.58. The number of benzene rings is 2. The van der Waals surface area contributed by atoms with Gasteiger partial charge in [-0.15, -0.1) is 16.4 Å². The molecule has 2 aromatic carbocycles. The molecule has 1 saturated heterocycles. The van der Waals surface area contributed by atoms with E-state index in [1.807, 2.05) is 30.3 Å². The number of ether oxygens (including phenoxy) is 1. The predicted octanol–water partition coefficient (Wildman–Crippen LogP) is 5.86. The van der Waals surface area contributed by atoms with Gasteiger partial charge in [-0.2, -0.15) is 4.39 Å². The van der Waals surface area contributed by atoms with Gasteiger partial charge in [0.2, 0.25) is 5.95 Å². The minimum Gasteiger partial charge on any atom is -0.374 e. The van der Waals surface area contributed by atoms with E-state index in [2.05, 4.69) is 25.6 Å². The van der Waals surface area contributed by atoms with Gasteiger partial charge in [-0.3, -0.25) is 4.68 Å². The van der Waals surface area contributed by atoms with Crippen molar-refractivity contribution in [2.75, 3.05) is 18.5 Å². The quantitative estimate of drug-likeness (QED) is 0.299. The average Bonchev–Trinajstić information content (AvgIpc) is 3.66. The van der Waals surface area contributed by atoms with Gasteiger partial charge < -0.3 is 10.1 Å². The first-order chi connectivity index (χ1) is 17.7. The molecule has 0 spiro atoms. The Balaban J connectivity index is 1.35. The lowest BCUT2D eigenvalue weighted by Gasteiger charge is -2.16. The molecule has 1 aliphatic heterocycles. The van der Waals surface area contributed by atoms with E-state index in [4.69, 9.17) is 4.74 Å². The van der Waals surface area contributed by atoms with E-state index in [9.17, 15) is 8.78 Å². The summed E-state index contributed by atoms with van der Waals surface area (Å²) < 4.78 is 37.7. The topological polar surface area (TPSA) is 77.8 Å². The van der Waals surface area contributed by atoms with Crippen molar-refractivity contribution < 1.29 is 13.5 Å². The standard InChI is InChI=1S/C26H22F2N6OS/c27-17-6-7-18(21-5-2-12-35-21)20(14-17)19-4-1-3-16-13-22(36-25(16)19)24-26(28)30-15-23(32-24)29-8-10-34-11-9-31-33-34/h1,3-4,6-7,9,11,13-15,21H,2,5,8,10,12H2,(H,29,32). The van der Waals surface area contributed by atoms with Crippen molar-refractivity contribution >= 4 is 27.2 Å². The van der Waals surface area contributed by atoms with Crippen LogP contribution in [0.1, 0.15) is 24.5 Å². The Bertz CT molecular complexity index is 1510. The maximum atomic E-state index is 14.8. The summed E-state index contributed by atoms with van der Waals surface area (Å²) in [4.78, 5) is 9.05. The Hall–Kier alpha value is -3.76. The molecule has 4 heterocycles. The molecule has 0 bridgehead atoms. The summed E-state index contributed by atoms with van der Waals surface area (Å²) in [6, 6.07) is 12.6. The van der Waals surface area contributed by atoms with Gasteiger partial charge in [0.25, 0.3) is 0 Å². The van der Waals surface area contributed by atoms with Crippen LogP contribution in [0.5, 0.6) is 0 Å². The van der Waals surface area contributed by atoms with Gasteiger partial charge in [0, 0.05) is 24.0 Å². The molecule has 7 nitrogen and oxygen atoms in total. The van der Waals surface area contributed by atoms with Gasteiger partial charge in [0.1, 0.15) is 17.3 Å². The molecule has 1 fully saturated rings. The molecular formula is C26H22F2N6OS. The van der Waals surface area contributed by atoms with Crippen molar-refractivity contribution in [1.82, 2.24) is 25.0 Å². The van der Waals surface area contributed by atoms with E-state index in [1.54, 1.807) is 23.1 Å².